The van der Waals surface area contributed by atoms with Crippen LogP contribution in [0.3, 0.4) is 0 Å². The van der Waals surface area contributed by atoms with Crippen LogP contribution in [0.5, 0.6) is 5.88 Å². The summed E-state index contributed by atoms with van der Waals surface area (Å²) < 4.78 is 6.86. The molecule has 0 amide bonds. The topological polar surface area (TPSA) is 42.4 Å². The predicted octanol–water partition coefficient (Wildman–Crippen LogP) is 8.37. The second kappa shape index (κ2) is 10.4. The Morgan fingerprint density at radius 3 is 2.42 bits per heavy atom. The first-order valence-electron chi connectivity index (χ1n) is 12.4. The molecule has 1 N–H and O–H groups in total. The lowest BCUT2D eigenvalue weighted by Gasteiger charge is -2.39. The molecule has 0 aliphatic heterocycles. The van der Waals surface area contributed by atoms with Gasteiger partial charge in [-0.25, -0.2) is 4.98 Å². The Kier molecular flexibility index (Phi) is 7.08. The zero-order valence-corrected chi connectivity index (χ0v) is 22.2. The number of aromatic nitrogens is 1. The summed E-state index contributed by atoms with van der Waals surface area (Å²) in [5.74, 6) is 0.149. The standard InChI is InChI=1S/C32H30BrNO2/c1-3-4-19-32(35,28-16-10-14-22-11-8-9-15-26(22)28)30(23-12-6-5-7-13-23)27-21-24-20-25(33)17-18-29(24)34-31(27)36-2/h5-18,20-21,30,35H,3-4,19H2,1-2H3. The molecule has 5 rings (SSSR count). The maximum Gasteiger partial charge on any atom is 0.217 e. The molecule has 36 heavy (non-hydrogen) atoms. The highest BCUT2D eigenvalue weighted by atomic mass is 79.9. The van der Waals surface area contributed by atoms with Gasteiger partial charge in [-0.2, -0.15) is 0 Å². The number of ether oxygens (including phenoxy) is 1. The van der Waals surface area contributed by atoms with Crippen LogP contribution in [0.25, 0.3) is 21.7 Å². The van der Waals surface area contributed by atoms with Crippen molar-refractivity contribution in [1.82, 2.24) is 4.98 Å². The Bertz CT molecular complexity index is 1500. The number of halogens is 1. The van der Waals surface area contributed by atoms with Gasteiger partial charge in [0.15, 0.2) is 0 Å². The van der Waals surface area contributed by atoms with Crippen molar-refractivity contribution >= 4 is 37.6 Å². The van der Waals surface area contributed by atoms with Crippen LogP contribution in [0.2, 0.25) is 0 Å². The summed E-state index contributed by atoms with van der Waals surface area (Å²) in [5, 5.41) is 16.1. The molecule has 0 radical (unpaired) electrons. The van der Waals surface area contributed by atoms with Crippen LogP contribution in [0.15, 0.2) is 102 Å². The van der Waals surface area contributed by atoms with E-state index < -0.39 is 5.60 Å². The zero-order valence-electron chi connectivity index (χ0n) is 20.6. The molecule has 2 atom stereocenters. The van der Waals surface area contributed by atoms with E-state index in [2.05, 4.69) is 71.4 Å². The van der Waals surface area contributed by atoms with E-state index in [9.17, 15) is 5.11 Å². The first-order chi connectivity index (χ1) is 17.5. The Morgan fingerprint density at radius 2 is 1.64 bits per heavy atom. The van der Waals surface area contributed by atoms with Crippen molar-refractivity contribution in [3.63, 3.8) is 0 Å². The monoisotopic (exact) mass is 539 g/mol. The summed E-state index contributed by atoms with van der Waals surface area (Å²) in [6, 6.07) is 32.9. The molecule has 0 aliphatic rings. The summed E-state index contributed by atoms with van der Waals surface area (Å²) in [4.78, 5) is 4.88. The number of hydrogen-bond acceptors (Lipinski definition) is 3. The molecule has 3 nitrogen and oxygen atoms in total. The molecule has 0 saturated carbocycles. The second-order valence-corrected chi connectivity index (χ2v) is 10.2. The Hall–Kier alpha value is -3.21. The van der Waals surface area contributed by atoms with Crippen molar-refractivity contribution in [2.45, 2.75) is 37.7 Å². The first-order valence-corrected chi connectivity index (χ1v) is 13.2. The van der Waals surface area contributed by atoms with Gasteiger partial charge in [-0.3, -0.25) is 0 Å². The van der Waals surface area contributed by atoms with Gasteiger partial charge in [0.2, 0.25) is 5.88 Å². The van der Waals surface area contributed by atoms with Gasteiger partial charge in [-0.1, -0.05) is 108 Å². The molecule has 1 heterocycles. The fourth-order valence-corrected chi connectivity index (χ4v) is 5.74. The largest absolute Gasteiger partial charge is 0.481 e. The van der Waals surface area contributed by atoms with E-state index in [1.807, 2.05) is 48.5 Å². The Labute approximate surface area is 220 Å². The highest BCUT2D eigenvalue weighted by Gasteiger charge is 2.42. The van der Waals surface area contributed by atoms with Gasteiger partial charge in [0.25, 0.3) is 0 Å². The number of benzene rings is 4. The number of methoxy groups -OCH3 is 1. The van der Waals surface area contributed by atoms with E-state index >= 15 is 0 Å². The minimum absolute atomic E-state index is 0.387. The van der Waals surface area contributed by atoms with Gasteiger partial charge in [-0.05, 0) is 52.6 Å². The smallest absolute Gasteiger partial charge is 0.217 e. The minimum atomic E-state index is -1.19. The molecule has 182 valence electrons. The molecule has 5 aromatic rings. The highest BCUT2D eigenvalue weighted by molar-refractivity contribution is 9.10. The van der Waals surface area contributed by atoms with Crippen LogP contribution < -0.4 is 4.74 Å². The molecular weight excluding hydrogens is 510 g/mol. The van der Waals surface area contributed by atoms with Gasteiger partial charge in [0, 0.05) is 21.3 Å². The van der Waals surface area contributed by atoms with Gasteiger partial charge in [-0.15, -0.1) is 0 Å². The molecule has 4 heteroatoms. The highest BCUT2D eigenvalue weighted by Crippen LogP contribution is 2.49. The molecule has 0 spiro atoms. The third-order valence-electron chi connectivity index (χ3n) is 7.05. The van der Waals surface area contributed by atoms with E-state index in [-0.39, 0.29) is 5.92 Å². The summed E-state index contributed by atoms with van der Waals surface area (Å²) in [5.41, 5.74) is 2.50. The zero-order chi connectivity index (χ0) is 25.1. The lowest BCUT2D eigenvalue weighted by atomic mass is 9.70. The molecular formula is C32H30BrNO2. The van der Waals surface area contributed by atoms with Crippen LogP contribution in [-0.4, -0.2) is 17.2 Å². The van der Waals surface area contributed by atoms with Crippen molar-refractivity contribution < 1.29 is 9.84 Å². The van der Waals surface area contributed by atoms with E-state index in [0.29, 0.717) is 12.3 Å². The SMILES string of the molecule is CCCCC(O)(c1cccc2ccccc12)C(c1ccccc1)c1cc2cc(Br)ccc2nc1OC. The summed E-state index contributed by atoms with van der Waals surface area (Å²) in [6.45, 7) is 2.16. The molecule has 0 saturated heterocycles. The lowest BCUT2D eigenvalue weighted by molar-refractivity contribution is 0.00887. The number of pyridine rings is 1. The second-order valence-electron chi connectivity index (χ2n) is 9.32. The average molecular weight is 541 g/mol. The van der Waals surface area contributed by atoms with Crippen molar-refractivity contribution in [2.75, 3.05) is 7.11 Å². The number of hydrogen-bond donors (Lipinski definition) is 1. The number of nitrogens with zero attached hydrogens (tertiary/aromatic N) is 1. The third-order valence-corrected chi connectivity index (χ3v) is 7.55. The van der Waals surface area contributed by atoms with E-state index in [1.54, 1.807) is 7.11 Å². The van der Waals surface area contributed by atoms with Crippen molar-refractivity contribution in [2.24, 2.45) is 0 Å². The van der Waals surface area contributed by atoms with Crippen LogP contribution in [0.4, 0.5) is 0 Å². The normalized spacial score (nSPS) is 14.0. The maximum absolute atomic E-state index is 12.9. The van der Waals surface area contributed by atoms with E-state index in [1.165, 1.54) is 0 Å². The minimum Gasteiger partial charge on any atom is -0.481 e. The Balaban J connectivity index is 1.84. The summed E-state index contributed by atoms with van der Waals surface area (Å²) >= 11 is 3.60. The lowest BCUT2D eigenvalue weighted by Crippen LogP contribution is -2.35. The molecule has 0 fully saturated rings. The van der Waals surface area contributed by atoms with Gasteiger partial charge in [0.05, 0.1) is 12.6 Å². The van der Waals surface area contributed by atoms with Crippen molar-refractivity contribution in [1.29, 1.82) is 0 Å². The van der Waals surface area contributed by atoms with Crippen molar-refractivity contribution in [3.8, 4) is 5.88 Å². The fraction of sp³-hybridized carbons (Fsp3) is 0.219. The van der Waals surface area contributed by atoms with Crippen LogP contribution in [-0.2, 0) is 5.60 Å². The first kappa shape index (κ1) is 24.5. The van der Waals surface area contributed by atoms with E-state index in [4.69, 9.17) is 9.72 Å². The molecule has 2 unspecified atom stereocenters. The van der Waals surface area contributed by atoms with Crippen LogP contribution in [0, 0.1) is 0 Å². The number of aliphatic hydroxyl groups is 1. The number of fused-ring (bicyclic) bond motifs is 2. The van der Waals surface area contributed by atoms with Crippen molar-refractivity contribution in [3.05, 3.63) is 118 Å². The predicted molar refractivity (Wildman–Crippen MR) is 152 cm³/mol. The summed E-state index contributed by atoms with van der Waals surface area (Å²) in [7, 11) is 1.65. The number of unbranched alkanes of at least 4 members (excludes halogenated alkanes) is 1. The molecule has 1 aromatic heterocycles. The average Bonchev–Trinajstić information content (AvgIpc) is 2.92. The van der Waals surface area contributed by atoms with Crippen LogP contribution >= 0.6 is 15.9 Å². The maximum atomic E-state index is 12.9. The molecule has 0 bridgehead atoms. The van der Waals surface area contributed by atoms with Gasteiger partial charge < -0.3 is 9.84 Å². The fourth-order valence-electron chi connectivity index (χ4n) is 5.36. The van der Waals surface area contributed by atoms with Gasteiger partial charge >= 0.3 is 0 Å². The van der Waals surface area contributed by atoms with Gasteiger partial charge in [0.1, 0.15) is 5.60 Å². The molecule has 4 aromatic carbocycles. The Morgan fingerprint density at radius 1 is 0.889 bits per heavy atom. The number of rotatable bonds is 8. The quantitative estimate of drug-likeness (QED) is 0.215. The van der Waals surface area contributed by atoms with Crippen LogP contribution in [0.1, 0.15) is 48.8 Å². The third kappa shape index (κ3) is 4.52. The van der Waals surface area contributed by atoms with E-state index in [0.717, 1.165) is 55.7 Å². The molecule has 0 aliphatic carbocycles. The summed E-state index contributed by atoms with van der Waals surface area (Å²) in [6.07, 6.45) is 2.48.